The topological polar surface area (TPSA) is 15.3 Å². The Morgan fingerprint density at radius 2 is 2.10 bits per heavy atom. The highest BCUT2D eigenvalue weighted by Gasteiger charge is 2.31. The standard InChI is InChI=1S/C17H27FN2/c1-4-15-12-20(16(5-2)11-19-15)17(6-3)13-8-7-9-14(18)10-13/h7-10,15-17,19H,4-6,11-12H2,1-3H3. The molecule has 1 N–H and O–H groups in total. The van der Waals surface area contributed by atoms with E-state index in [-0.39, 0.29) is 5.82 Å². The van der Waals surface area contributed by atoms with Gasteiger partial charge in [0.05, 0.1) is 0 Å². The average Bonchev–Trinajstić information content (AvgIpc) is 2.48. The second-order valence-electron chi connectivity index (χ2n) is 5.75. The number of halogens is 1. The van der Waals surface area contributed by atoms with Crippen LogP contribution in [0.3, 0.4) is 0 Å². The van der Waals surface area contributed by atoms with Gasteiger partial charge in [0.2, 0.25) is 0 Å². The predicted octanol–water partition coefficient (Wildman–Crippen LogP) is 3.74. The van der Waals surface area contributed by atoms with Crippen LogP contribution in [0.5, 0.6) is 0 Å². The van der Waals surface area contributed by atoms with Crippen molar-refractivity contribution in [3.05, 3.63) is 35.6 Å². The van der Waals surface area contributed by atoms with Crippen LogP contribution in [0.15, 0.2) is 24.3 Å². The van der Waals surface area contributed by atoms with Crippen molar-refractivity contribution in [3.63, 3.8) is 0 Å². The summed E-state index contributed by atoms with van der Waals surface area (Å²) in [7, 11) is 0. The molecule has 1 saturated heterocycles. The Morgan fingerprint density at radius 3 is 2.70 bits per heavy atom. The maximum atomic E-state index is 13.5. The second-order valence-corrected chi connectivity index (χ2v) is 5.75. The van der Waals surface area contributed by atoms with Gasteiger partial charge < -0.3 is 5.32 Å². The molecule has 0 aromatic heterocycles. The molecule has 1 aromatic carbocycles. The highest BCUT2D eigenvalue weighted by molar-refractivity contribution is 5.21. The van der Waals surface area contributed by atoms with E-state index in [0.29, 0.717) is 18.1 Å². The molecule has 1 fully saturated rings. The van der Waals surface area contributed by atoms with E-state index >= 15 is 0 Å². The minimum atomic E-state index is -0.129. The van der Waals surface area contributed by atoms with E-state index in [0.717, 1.165) is 37.9 Å². The van der Waals surface area contributed by atoms with E-state index in [1.807, 2.05) is 6.07 Å². The van der Waals surface area contributed by atoms with Gasteiger partial charge in [-0.2, -0.15) is 0 Å². The molecule has 1 heterocycles. The van der Waals surface area contributed by atoms with E-state index in [1.165, 1.54) is 6.07 Å². The molecule has 3 unspecified atom stereocenters. The molecule has 2 nitrogen and oxygen atoms in total. The molecule has 0 radical (unpaired) electrons. The third kappa shape index (κ3) is 3.39. The fourth-order valence-electron chi connectivity index (χ4n) is 3.30. The van der Waals surface area contributed by atoms with Crippen molar-refractivity contribution in [3.8, 4) is 0 Å². The fourth-order valence-corrected chi connectivity index (χ4v) is 3.30. The first-order valence-corrected chi connectivity index (χ1v) is 7.94. The molecule has 2 rings (SSSR count). The van der Waals surface area contributed by atoms with Crippen molar-refractivity contribution in [1.29, 1.82) is 0 Å². The van der Waals surface area contributed by atoms with Gasteiger partial charge in [-0.15, -0.1) is 0 Å². The number of rotatable bonds is 5. The van der Waals surface area contributed by atoms with Crippen LogP contribution in [0, 0.1) is 5.82 Å². The molecule has 112 valence electrons. The van der Waals surface area contributed by atoms with Gasteiger partial charge in [0.25, 0.3) is 0 Å². The summed E-state index contributed by atoms with van der Waals surface area (Å²) in [6.07, 6.45) is 3.30. The van der Waals surface area contributed by atoms with E-state index in [1.54, 1.807) is 6.07 Å². The molecule has 20 heavy (non-hydrogen) atoms. The van der Waals surface area contributed by atoms with Gasteiger partial charge in [0, 0.05) is 31.2 Å². The van der Waals surface area contributed by atoms with Crippen LogP contribution < -0.4 is 5.32 Å². The van der Waals surface area contributed by atoms with Crippen molar-refractivity contribution in [1.82, 2.24) is 10.2 Å². The molecule has 1 aliphatic heterocycles. The molecule has 0 spiro atoms. The number of hydrogen-bond donors (Lipinski definition) is 1. The normalized spacial score (nSPS) is 25.6. The van der Waals surface area contributed by atoms with Crippen LogP contribution in [0.4, 0.5) is 4.39 Å². The summed E-state index contributed by atoms with van der Waals surface area (Å²) < 4.78 is 13.5. The quantitative estimate of drug-likeness (QED) is 0.882. The van der Waals surface area contributed by atoms with Gasteiger partial charge in [0.15, 0.2) is 0 Å². The maximum absolute atomic E-state index is 13.5. The molecule has 0 saturated carbocycles. The lowest BCUT2D eigenvalue weighted by atomic mass is 9.96. The Bertz CT molecular complexity index is 421. The summed E-state index contributed by atoms with van der Waals surface area (Å²) in [5, 5.41) is 3.63. The highest BCUT2D eigenvalue weighted by atomic mass is 19.1. The van der Waals surface area contributed by atoms with Crippen LogP contribution in [0.25, 0.3) is 0 Å². The highest BCUT2D eigenvalue weighted by Crippen LogP contribution is 2.29. The lowest BCUT2D eigenvalue weighted by Gasteiger charge is -2.44. The molecule has 3 atom stereocenters. The summed E-state index contributed by atoms with van der Waals surface area (Å²) >= 11 is 0. The van der Waals surface area contributed by atoms with Crippen molar-refractivity contribution in [2.75, 3.05) is 13.1 Å². The van der Waals surface area contributed by atoms with Crippen LogP contribution >= 0.6 is 0 Å². The molecular formula is C17H27FN2. The van der Waals surface area contributed by atoms with Crippen molar-refractivity contribution < 1.29 is 4.39 Å². The first-order valence-electron chi connectivity index (χ1n) is 7.94. The molecular weight excluding hydrogens is 251 g/mol. The number of hydrogen-bond acceptors (Lipinski definition) is 2. The number of nitrogens with zero attached hydrogens (tertiary/aromatic N) is 1. The summed E-state index contributed by atoms with van der Waals surface area (Å²) in [5.74, 6) is -0.129. The lowest BCUT2D eigenvalue weighted by Crippen LogP contribution is -2.56. The number of piperazine rings is 1. The fraction of sp³-hybridized carbons (Fsp3) is 0.647. The predicted molar refractivity (Wildman–Crippen MR) is 82.3 cm³/mol. The SMILES string of the molecule is CCC1CN(C(CC)c2cccc(F)c2)C(CC)CN1. The maximum Gasteiger partial charge on any atom is 0.123 e. The lowest BCUT2D eigenvalue weighted by molar-refractivity contribution is 0.0747. The minimum Gasteiger partial charge on any atom is -0.311 e. The second kappa shape index (κ2) is 7.19. The Hall–Kier alpha value is -0.930. The smallest absolute Gasteiger partial charge is 0.123 e. The number of benzene rings is 1. The minimum absolute atomic E-state index is 0.129. The molecule has 1 aliphatic rings. The van der Waals surface area contributed by atoms with Crippen molar-refractivity contribution in [2.24, 2.45) is 0 Å². The summed E-state index contributed by atoms with van der Waals surface area (Å²) in [5.41, 5.74) is 1.11. The van der Waals surface area contributed by atoms with E-state index in [2.05, 4.69) is 37.1 Å². The third-order valence-electron chi connectivity index (χ3n) is 4.53. The van der Waals surface area contributed by atoms with Gasteiger partial charge >= 0.3 is 0 Å². The molecule has 0 aliphatic carbocycles. The Labute approximate surface area is 122 Å². The zero-order valence-electron chi connectivity index (χ0n) is 12.9. The van der Waals surface area contributed by atoms with Crippen LogP contribution in [0.1, 0.15) is 51.6 Å². The third-order valence-corrected chi connectivity index (χ3v) is 4.53. The van der Waals surface area contributed by atoms with Gasteiger partial charge in [0.1, 0.15) is 5.82 Å². The van der Waals surface area contributed by atoms with Crippen molar-refractivity contribution in [2.45, 2.75) is 58.2 Å². The van der Waals surface area contributed by atoms with Gasteiger partial charge in [-0.3, -0.25) is 4.90 Å². The first kappa shape index (κ1) is 15.5. The zero-order valence-corrected chi connectivity index (χ0v) is 12.9. The first-order chi connectivity index (χ1) is 9.69. The molecule has 3 heteroatoms. The van der Waals surface area contributed by atoms with Gasteiger partial charge in [-0.05, 0) is 37.0 Å². The summed E-state index contributed by atoms with van der Waals surface area (Å²) in [4.78, 5) is 2.58. The Morgan fingerprint density at radius 1 is 1.30 bits per heavy atom. The summed E-state index contributed by atoms with van der Waals surface area (Å²) in [6.45, 7) is 8.77. The largest absolute Gasteiger partial charge is 0.311 e. The van der Waals surface area contributed by atoms with E-state index in [9.17, 15) is 4.39 Å². The number of nitrogens with one attached hydrogen (secondary N) is 1. The van der Waals surface area contributed by atoms with E-state index in [4.69, 9.17) is 0 Å². The Balaban J connectivity index is 2.23. The van der Waals surface area contributed by atoms with Gasteiger partial charge in [-0.25, -0.2) is 4.39 Å². The monoisotopic (exact) mass is 278 g/mol. The van der Waals surface area contributed by atoms with E-state index < -0.39 is 0 Å². The summed E-state index contributed by atoms with van der Waals surface area (Å²) in [6, 6.07) is 8.54. The average molecular weight is 278 g/mol. The van der Waals surface area contributed by atoms with Crippen LogP contribution in [-0.4, -0.2) is 30.1 Å². The van der Waals surface area contributed by atoms with Crippen LogP contribution in [-0.2, 0) is 0 Å². The van der Waals surface area contributed by atoms with Crippen LogP contribution in [0.2, 0.25) is 0 Å². The van der Waals surface area contributed by atoms with Crippen molar-refractivity contribution >= 4 is 0 Å². The zero-order chi connectivity index (χ0) is 14.5. The Kier molecular flexibility index (Phi) is 5.55. The molecule has 1 aromatic rings. The molecule has 0 bridgehead atoms. The molecule has 0 amide bonds. The van der Waals surface area contributed by atoms with Gasteiger partial charge in [-0.1, -0.05) is 32.9 Å².